The van der Waals surface area contributed by atoms with Gasteiger partial charge in [0.25, 0.3) is 0 Å². The zero-order valence-electron chi connectivity index (χ0n) is 47.3. The number of esters is 2. The number of likely N-dealkylation sites (N-methyl/N-ethyl adjacent to an activating group) is 1. The Balaban J connectivity index is 4.04. The van der Waals surface area contributed by atoms with E-state index >= 15 is 0 Å². The molecule has 0 aliphatic heterocycles. The maximum Gasteiger partial charge on any atom is 0.472 e. The first kappa shape index (κ1) is 68.8. The van der Waals surface area contributed by atoms with Gasteiger partial charge in [-0.25, -0.2) is 4.57 Å². The average molecular weight is 1010 g/mol. The molecule has 1 N–H and O–H groups in total. The van der Waals surface area contributed by atoms with Gasteiger partial charge in [-0.05, 0) is 38.5 Å². The normalized spacial score (nSPS) is 13.3. The van der Waals surface area contributed by atoms with Crippen LogP contribution in [-0.4, -0.2) is 74.9 Å². The lowest BCUT2D eigenvalue weighted by Gasteiger charge is -2.24. The molecule has 10 heteroatoms. The quantitative estimate of drug-likeness (QED) is 0.0211. The second-order valence-electron chi connectivity index (χ2n) is 22.1. The molecule has 0 amide bonds. The van der Waals surface area contributed by atoms with Gasteiger partial charge in [-0.2, -0.15) is 0 Å². The standard InChI is InChI=1S/C60H118NO8P/c1-6-8-10-12-14-16-18-20-22-24-25-26-27-28-29-30-31-32-33-34-35-37-39-41-43-45-47-49-51-53-60(63)69-58(57-68-70(64,65)67-55-54-61(3,4)5)56-66-59(62)52-50-48-46-44-42-40-38-36-23-21-19-17-15-13-11-9-7-2/h24-25,58H,6-23,26-57H2,1-5H3/p+1/b25-24-. The number of carbonyl (C=O) groups excluding carboxylic acids is 2. The van der Waals surface area contributed by atoms with Crippen molar-refractivity contribution in [1.82, 2.24) is 0 Å². The van der Waals surface area contributed by atoms with Crippen LogP contribution in [0.3, 0.4) is 0 Å². The Hall–Kier alpha value is -1.25. The molecule has 0 aromatic carbocycles. The van der Waals surface area contributed by atoms with Crippen molar-refractivity contribution >= 4 is 19.8 Å². The van der Waals surface area contributed by atoms with E-state index in [1.165, 1.54) is 244 Å². The van der Waals surface area contributed by atoms with Crippen LogP contribution in [0.25, 0.3) is 0 Å². The largest absolute Gasteiger partial charge is 0.472 e. The summed E-state index contributed by atoms with van der Waals surface area (Å²) < 4.78 is 34.6. The SMILES string of the molecule is CCCCCCCCCC/C=C\CCCCCCCCCCCCCCCCCCCC(=O)OC(COC(=O)CCCCCCCCCCCCCCCCCCC)COP(=O)(O)OCC[N+](C)(C)C. The lowest BCUT2D eigenvalue weighted by Crippen LogP contribution is -2.37. The molecule has 9 nitrogen and oxygen atoms in total. The second kappa shape index (κ2) is 52.6. The Kier molecular flexibility index (Phi) is 51.7. The number of hydrogen-bond donors (Lipinski definition) is 1. The number of rotatable bonds is 57. The van der Waals surface area contributed by atoms with E-state index in [4.69, 9.17) is 18.5 Å². The maximum absolute atomic E-state index is 12.8. The van der Waals surface area contributed by atoms with Crippen molar-refractivity contribution in [3.8, 4) is 0 Å². The van der Waals surface area contributed by atoms with Crippen LogP contribution in [0, 0.1) is 0 Å². The highest BCUT2D eigenvalue weighted by atomic mass is 31.2. The Labute approximate surface area is 435 Å². The zero-order chi connectivity index (χ0) is 51.3. The molecule has 0 saturated carbocycles. The first-order chi connectivity index (χ1) is 34.0. The van der Waals surface area contributed by atoms with E-state index in [0.29, 0.717) is 17.4 Å². The molecule has 0 bridgehead atoms. The maximum atomic E-state index is 12.8. The van der Waals surface area contributed by atoms with Gasteiger partial charge in [-0.15, -0.1) is 0 Å². The summed E-state index contributed by atoms with van der Waals surface area (Å²) in [5.74, 6) is -0.776. The molecule has 416 valence electrons. The smallest absolute Gasteiger partial charge is 0.462 e. The van der Waals surface area contributed by atoms with E-state index < -0.39 is 26.5 Å². The van der Waals surface area contributed by atoms with Gasteiger partial charge < -0.3 is 18.9 Å². The lowest BCUT2D eigenvalue weighted by atomic mass is 10.0. The molecule has 0 aromatic heterocycles. The van der Waals surface area contributed by atoms with Crippen molar-refractivity contribution in [2.45, 2.75) is 315 Å². The summed E-state index contributed by atoms with van der Waals surface area (Å²) in [5, 5.41) is 0. The van der Waals surface area contributed by atoms with Gasteiger partial charge in [0.1, 0.15) is 19.8 Å². The summed E-state index contributed by atoms with van der Waals surface area (Å²) in [6.45, 7) is 4.50. The summed E-state index contributed by atoms with van der Waals surface area (Å²) >= 11 is 0. The number of quaternary nitrogens is 1. The van der Waals surface area contributed by atoms with Crippen molar-refractivity contribution in [1.29, 1.82) is 0 Å². The van der Waals surface area contributed by atoms with Crippen LogP contribution in [0.15, 0.2) is 12.2 Å². The fourth-order valence-electron chi connectivity index (χ4n) is 9.07. The van der Waals surface area contributed by atoms with Crippen LogP contribution in [0.1, 0.15) is 309 Å². The molecular formula is C60H119NO8P+. The van der Waals surface area contributed by atoms with E-state index in [1.807, 2.05) is 21.1 Å². The second-order valence-corrected chi connectivity index (χ2v) is 23.6. The predicted molar refractivity (Wildman–Crippen MR) is 298 cm³/mol. The monoisotopic (exact) mass is 1010 g/mol. The van der Waals surface area contributed by atoms with Crippen LogP contribution >= 0.6 is 7.82 Å². The number of allylic oxidation sites excluding steroid dienone is 2. The molecule has 0 saturated heterocycles. The van der Waals surface area contributed by atoms with E-state index in [0.717, 1.165) is 38.5 Å². The van der Waals surface area contributed by atoms with Crippen molar-refractivity contribution in [2.24, 2.45) is 0 Å². The number of ether oxygens (including phenoxy) is 2. The van der Waals surface area contributed by atoms with E-state index in [9.17, 15) is 19.0 Å². The van der Waals surface area contributed by atoms with E-state index in [1.54, 1.807) is 0 Å². The van der Waals surface area contributed by atoms with Gasteiger partial charge >= 0.3 is 19.8 Å². The minimum Gasteiger partial charge on any atom is -0.462 e. The number of nitrogens with zero attached hydrogens (tertiary/aromatic N) is 1. The first-order valence-electron chi connectivity index (χ1n) is 30.4. The van der Waals surface area contributed by atoms with Crippen molar-refractivity contribution in [2.75, 3.05) is 47.5 Å². The molecule has 0 aliphatic rings. The molecule has 0 aliphatic carbocycles. The summed E-state index contributed by atoms with van der Waals surface area (Å²) in [6, 6.07) is 0. The van der Waals surface area contributed by atoms with Crippen molar-refractivity contribution in [3.05, 3.63) is 12.2 Å². The van der Waals surface area contributed by atoms with Crippen molar-refractivity contribution in [3.63, 3.8) is 0 Å². The van der Waals surface area contributed by atoms with Crippen LogP contribution in [0.4, 0.5) is 0 Å². The molecule has 0 radical (unpaired) electrons. The van der Waals surface area contributed by atoms with Gasteiger partial charge in [0.05, 0.1) is 27.7 Å². The Morgan fingerprint density at radius 1 is 0.429 bits per heavy atom. The van der Waals surface area contributed by atoms with Crippen LogP contribution in [-0.2, 0) is 32.7 Å². The molecule has 0 aromatic rings. The number of hydrogen-bond acceptors (Lipinski definition) is 7. The topological polar surface area (TPSA) is 108 Å². The summed E-state index contributed by atoms with van der Waals surface area (Å²) in [5.41, 5.74) is 0. The third kappa shape index (κ3) is 56.1. The number of carbonyl (C=O) groups is 2. The summed E-state index contributed by atoms with van der Waals surface area (Å²) in [6.07, 6.45) is 61.5. The third-order valence-corrected chi connectivity index (χ3v) is 14.8. The fraction of sp³-hybridized carbons (Fsp3) is 0.933. The minimum absolute atomic E-state index is 0.0362. The van der Waals surface area contributed by atoms with Crippen molar-refractivity contribution < 1.29 is 42.1 Å². The zero-order valence-corrected chi connectivity index (χ0v) is 48.2. The van der Waals surface area contributed by atoms with Gasteiger partial charge in [-0.1, -0.05) is 270 Å². The highest BCUT2D eigenvalue weighted by Gasteiger charge is 2.27. The number of unbranched alkanes of at least 4 members (excludes halogenated alkanes) is 41. The van der Waals surface area contributed by atoms with Crippen LogP contribution in [0.5, 0.6) is 0 Å². The Morgan fingerprint density at radius 2 is 0.729 bits per heavy atom. The number of phosphoric ester groups is 1. The van der Waals surface area contributed by atoms with Gasteiger partial charge in [0.15, 0.2) is 6.10 Å². The van der Waals surface area contributed by atoms with Gasteiger partial charge in [0.2, 0.25) is 0 Å². The Bertz CT molecular complexity index is 1190. The molecule has 70 heavy (non-hydrogen) atoms. The molecule has 0 spiro atoms. The number of phosphoric acid groups is 1. The van der Waals surface area contributed by atoms with E-state index in [-0.39, 0.29) is 25.6 Å². The molecular weight excluding hydrogens is 894 g/mol. The van der Waals surface area contributed by atoms with Gasteiger partial charge in [0, 0.05) is 12.8 Å². The third-order valence-electron chi connectivity index (χ3n) is 13.8. The minimum atomic E-state index is -4.38. The molecule has 2 unspecified atom stereocenters. The highest BCUT2D eigenvalue weighted by Crippen LogP contribution is 2.43. The fourth-order valence-corrected chi connectivity index (χ4v) is 9.81. The first-order valence-corrected chi connectivity index (χ1v) is 31.9. The molecule has 0 fully saturated rings. The highest BCUT2D eigenvalue weighted by molar-refractivity contribution is 7.47. The lowest BCUT2D eigenvalue weighted by molar-refractivity contribution is -0.870. The molecule has 2 atom stereocenters. The van der Waals surface area contributed by atoms with E-state index in [2.05, 4.69) is 26.0 Å². The van der Waals surface area contributed by atoms with Crippen LogP contribution in [0.2, 0.25) is 0 Å². The molecule has 0 heterocycles. The Morgan fingerprint density at radius 3 is 1.06 bits per heavy atom. The average Bonchev–Trinajstić information content (AvgIpc) is 3.32. The predicted octanol–water partition coefficient (Wildman–Crippen LogP) is 18.8. The van der Waals surface area contributed by atoms with Gasteiger partial charge in [-0.3, -0.25) is 18.6 Å². The molecule has 0 rings (SSSR count). The summed E-state index contributed by atoms with van der Waals surface area (Å²) in [4.78, 5) is 35.7. The van der Waals surface area contributed by atoms with Crippen LogP contribution < -0.4 is 0 Å². The summed E-state index contributed by atoms with van der Waals surface area (Å²) in [7, 11) is 1.50.